The summed E-state index contributed by atoms with van der Waals surface area (Å²) < 4.78 is 21.6. The van der Waals surface area contributed by atoms with Crippen molar-refractivity contribution in [2.45, 2.75) is 474 Å². The van der Waals surface area contributed by atoms with Crippen LogP contribution in [-0.4, -0.2) is 137 Å². The van der Waals surface area contributed by atoms with Crippen molar-refractivity contribution in [3.05, 3.63) is 0 Å². The van der Waals surface area contributed by atoms with Gasteiger partial charge in [0.1, 0.15) is 29.7 Å². The van der Waals surface area contributed by atoms with E-state index in [2.05, 4.69) is 95.8 Å². The number of rotatable bonds is 67. The predicted molar refractivity (Wildman–Crippen MR) is 484 cm³/mol. The van der Waals surface area contributed by atoms with Crippen molar-refractivity contribution in [1.82, 2.24) is 26.6 Å². The van der Waals surface area contributed by atoms with E-state index in [0.717, 1.165) is 161 Å². The molecule has 0 aromatic carbocycles. The summed E-state index contributed by atoms with van der Waals surface area (Å²) in [5, 5.41) is 15.5. The second kappa shape index (κ2) is 91.7. The van der Waals surface area contributed by atoms with E-state index in [9.17, 15) is 33.6 Å². The summed E-state index contributed by atoms with van der Waals surface area (Å²) in [6.07, 6.45) is 45.5. The van der Waals surface area contributed by atoms with Gasteiger partial charge in [-0.1, -0.05) is 273 Å². The monoisotopic (exact) mass is 1600 g/mol. The van der Waals surface area contributed by atoms with Crippen molar-refractivity contribution in [1.29, 1.82) is 0 Å². The Morgan fingerprint density at radius 3 is 0.688 bits per heavy atom. The van der Waals surface area contributed by atoms with Gasteiger partial charge in [-0.2, -0.15) is 0 Å². The van der Waals surface area contributed by atoms with Crippen molar-refractivity contribution < 1.29 is 52.5 Å². The third-order valence-corrected chi connectivity index (χ3v) is 18.4. The van der Waals surface area contributed by atoms with Gasteiger partial charge in [-0.3, -0.25) is 33.6 Å². The summed E-state index contributed by atoms with van der Waals surface area (Å²) >= 11 is 0. The molecule has 0 fully saturated rings. The Balaban J connectivity index is -0.000000230. The van der Waals surface area contributed by atoms with Gasteiger partial charge in [-0.25, -0.2) is 0 Å². The molecule has 0 heterocycles. The minimum absolute atomic E-state index is 0.00684. The molecule has 0 aliphatic heterocycles. The first-order valence-electron chi connectivity index (χ1n) is 46.6. The number of hydrogen-bond donors (Lipinski definition) is 5. The van der Waals surface area contributed by atoms with E-state index in [1.165, 1.54) is 148 Å². The highest BCUT2D eigenvalue weighted by Gasteiger charge is 2.12. The van der Waals surface area contributed by atoms with E-state index in [4.69, 9.17) is 18.9 Å². The van der Waals surface area contributed by atoms with Crippen LogP contribution in [0.5, 0.6) is 0 Å². The van der Waals surface area contributed by atoms with E-state index in [-0.39, 0.29) is 65.9 Å². The molecule has 0 aromatic heterocycles. The number of amides is 3. The van der Waals surface area contributed by atoms with Gasteiger partial charge >= 0.3 is 0 Å². The lowest BCUT2D eigenvalue weighted by Crippen LogP contribution is -2.29. The zero-order valence-electron chi connectivity index (χ0n) is 79.8. The van der Waals surface area contributed by atoms with Crippen LogP contribution >= 0.6 is 0 Å². The Kier molecular flexibility index (Phi) is 100.0. The standard InChI is InChI=1S/C17H35NO2.C15H31NO.C15H30O2.C13H26O.C12H26N2O.C12H25NO2.C12H24O2/c1-15(2)12-10-8-6-5-7-9-11-13-18-17(19)14-20-16(3)4;1-13(2)15(17)11-9-7-5-6-8-10-12-16-14(3)4;1-13(2)15(16)11-9-7-5-6-8-10-12-17-14(3)4;1-11(2)9-7-5-6-8-10-13(14)12(3)4;1-10(2)12(15)14-9-7-5-6-8-13-11(3)4;1-10(2)12(14)13-8-6-5-7-9-15-11(3)4;1-10(2)12(13)8-6-5-7-9-14-11(3)4/h15-16H,5-14H2,1-4H3,(H,18,19);13-14,16H,5-12H2,1-4H3;13-14H,5-12H2,1-4H3;11-12H,5-10H2,1-4H3;10-11,13H,5-9H2,1-4H3,(H,14,15);10-11H,5-9H2,1-4H3,(H,13,14);10-11H,5-9H2,1-4H3. The number of unbranched alkanes of at least 4 members (excludes halogenated alkanes) is 25. The van der Waals surface area contributed by atoms with Gasteiger partial charge in [0, 0.05) is 113 Å². The summed E-state index contributed by atoms with van der Waals surface area (Å²) in [6.45, 7) is 64.9. The predicted octanol–water partition coefficient (Wildman–Crippen LogP) is 24.3. The van der Waals surface area contributed by atoms with E-state index < -0.39 is 0 Å². The molecule has 0 saturated carbocycles. The molecule has 0 atom stereocenters. The number of ether oxygens (including phenoxy) is 4. The maximum Gasteiger partial charge on any atom is 0.246 e. The summed E-state index contributed by atoms with van der Waals surface area (Å²) in [6, 6.07) is 1.18. The zero-order chi connectivity index (χ0) is 86.7. The SMILES string of the molecule is CC(C)CCCCCCC(=O)C(C)C.CC(C)CCCCCCCCCNC(=O)COC(C)C.CC(C)NCCCCCCCCC(=O)C(C)C.CC(C)NCCCCCNC(=O)C(C)C.CC(C)OCCCCCC(=O)C(C)C.CC(C)OCCCCCCCCC(=O)C(C)C.CC(C)OCCCCCNC(=O)C(C)C. The fourth-order valence-corrected chi connectivity index (χ4v) is 10.7. The molecule has 0 spiro atoms. The number of ketones is 4. The molecule has 16 heteroatoms. The molecule has 672 valence electrons. The maximum absolute atomic E-state index is 11.4. The van der Waals surface area contributed by atoms with Crippen molar-refractivity contribution in [2.24, 2.45) is 47.3 Å². The number of nitrogens with one attached hydrogen (secondary N) is 5. The van der Waals surface area contributed by atoms with Gasteiger partial charge in [-0.05, 0) is 164 Å². The fraction of sp³-hybridized carbons (Fsp3) is 0.927. The van der Waals surface area contributed by atoms with Crippen LogP contribution in [0.3, 0.4) is 0 Å². The van der Waals surface area contributed by atoms with Crippen LogP contribution in [0.1, 0.15) is 438 Å². The largest absolute Gasteiger partial charge is 0.379 e. The van der Waals surface area contributed by atoms with Gasteiger partial charge in [0.2, 0.25) is 17.7 Å². The average molecular weight is 1600 g/mol. The van der Waals surface area contributed by atoms with E-state index in [0.29, 0.717) is 53.5 Å². The highest BCUT2D eigenvalue weighted by molar-refractivity contribution is 5.81. The second-order valence-corrected chi connectivity index (χ2v) is 35.7. The molecule has 0 rings (SSSR count). The van der Waals surface area contributed by atoms with E-state index >= 15 is 0 Å². The first-order chi connectivity index (χ1) is 52.7. The number of carbonyl (C=O) groups is 7. The van der Waals surface area contributed by atoms with Crippen LogP contribution in [0, 0.1) is 47.3 Å². The zero-order valence-corrected chi connectivity index (χ0v) is 79.8. The first kappa shape index (κ1) is 122. The van der Waals surface area contributed by atoms with E-state index in [1.807, 2.05) is 125 Å². The number of hydrogen-bond acceptors (Lipinski definition) is 13. The van der Waals surface area contributed by atoms with Crippen LogP contribution < -0.4 is 26.6 Å². The molecule has 0 unspecified atom stereocenters. The Morgan fingerprint density at radius 2 is 0.438 bits per heavy atom. The molecule has 16 nitrogen and oxygen atoms in total. The Labute approximate surface area is 697 Å². The third kappa shape index (κ3) is 118. The summed E-state index contributed by atoms with van der Waals surface area (Å²) in [5.41, 5.74) is 0. The molecule has 0 aromatic rings. The average Bonchev–Trinajstić information content (AvgIpc) is 1.05. The quantitative estimate of drug-likeness (QED) is 0.0359. The molecule has 3 amide bonds. The van der Waals surface area contributed by atoms with Crippen molar-refractivity contribution in [3.8, 4) is 0 Å². The smallest absolute Gasteiger partial charge is 0.246 e. The summed E-state index contributed by atoms with van der Waals surface area (Å²) in [5.74, 6) is 4.68. The topological polar surface area (TPSA) is 217 Å². The molecule has 0 bridgehead atoms. The summed E-state index contributed by atoms with van der Waals surface area (Å²) in [7, 11) is 0. The van der Waals surface area contributed by atoms with Crippen molar-refractivity contribution in [3.63, 3.8) is 0 Å². The van der Waals surface area contributed by atoms with Crippen LogP contribution in [0.4, 0.5) is 0 Å². The maximum atomic E-state index is 11.4. The normalized spacial score (nSPS) is 11.3. The van der Waals surface area contributed by atoms with Crippen LogP contribution in [0.15, 0.2) is 0 Å². The Hall–Kier alpha value is -3.15. The molecular formula is C96H197N5O11. The van der Waals surface area contributed by atoms with Gasteiger partial charge < -0.3 is 45.5 Å². The lowest BCUT2D eigenvalue weighted by atomic mass is 10.0. The van der Waals surface area contributed by atoms with Crippen molar-refractivity contribution >= 4 is 40.9 Å². The highest BCUT2D eigenvalue weighted by atomic mass is 16.5. The van der Waals surface area contributed by atoms with Gasteiger partial charge in [-0.15, -0.1) is 0 Å². The van der Waals surface area contributed by atoms with Gasteiger partial charge in [0.15, 0.2) is 0 Å². The molecule has 5 N–H and O–H groups in total. The fourth-order valence-electron chi connectivity index (χ4n) is 10.7. The van der Waals surface area contributed by atoms with E-state index in [1.54, 1.807) is 0 Å². The number of Topliss-reactive ketones (excluding diaryl/α,β-unsaturated/α-hetero) is 4. The Morgan fingerprint density at radius 1 is 0.223 bits per heavy atom. The van der Waals surface area contributed by atoms with Crippen molar-refractivity contribution in [2.75, 3.05) is 59.2 Å². The molecule has 0 aliphatic carbocycles. The third-order valence-electron chi connectivity index (χ3n) is 18.4. The number of carbonyl (C=O) groups excluding carboxylic acids is 7. The first-order valence-corrected chi connectivity index (χ1v) is 46.6. The minimum Gasteiger partial charge on any atom is -0.379 e. The van der Waals surface area contributed by atoms with Gasteiger partial charge in [0.05, 0.1) is 24.4 Å². The molecular weight excluding hydrogens is 1400 g/mol. The van der Waals surface area contributed by atoms with Crippen LogP contribution in [-0.2, 0) is 52.5 Å². The molecule has 0 aliphatic rings. The van der Waals surface area contributed by atoms with Crippen LogP contribution in [0.2, 0.25) is 0 Å². The lowest BCUT2D eigenvalue weighted by molar-refractivity contribution is -0.127. The highest BCUT2D eigenvalue weighted by Crippen LogP contribution is 2.16. The molecule has 112 heavy (non-hydrogen) atoms. The second-order valence-electron chi connectivity index (χ2n) is 35.7. The van der Waals surface area contributed by atoms with Crippen LogP contribution in [0.25, 0.3) is 0 Å². The lowest BCUT2D eigenvalue weighted by Gasteiger charge is -2.09. The van der Waals surface area contributed by atoms with Gasteiger partial charge in [0.25, 0.3) is 0 Å². The Bertz CT molecular complexity index is 1900. The summed E-state index contributed by atoms with van der Waals surface area (Å²) in [4.78, 5) is 79.0. The molecule has 0 radical (unpaired) electrons. The molecule has 0 saturated heterocycles. The minimum atomic E-state index is 0.00684.